The van der Waals surface area contributed by atoms with Crippen molar-refractivity contribution < 1.29 is 61.2 Å². The second-order valence-electron chi connectivity index (χ2n) is 2.30. The Morgan fingerprint density at radius 1 is 1.23 bits per heavy atom. The fourth-order valence-electron chi connectivity index (χ4n) is 0.738. The normalized spacial score (nSPS) is 11.2. The predicted molar refractivity (Wildman–Crippen MR) is 49.7 cm³/mol. The summed E-state index contributed by atoms with van der Waals surface area (Å²) in [6.45, 7) is 0. The van der Waals surface area contributed by atoms with Crippen molar-refractivity contribution in [1.29, 1.82) is 0 Å². The summed E-state index contributed by atoms with van der Waals surface area (Å²) in [5, 5.41) is 5.74. The van der Waals surface area contributed by atoms with Gasteiger partial charge in [-0.25, -0.2) is 13.6 Å². The molecule has 0 aromatic heterocycles. The first-order valence-corrected chi connectivity index (χ1v) is 4.95. The topological polar surface area (TPSA) is 60.2 Å². The predicted octanol–water partition coefficient (Wildman–Crippen LogP) is -1.94. The number of sulfonamides is 1. The van der Waals surface area contributed by atoms with Crippen molar-refractivity contribution in [3.05, 3.63) is 41.3 Å². The van der Waals surface area contributed by atoms with Crippen LogP contribution in [0.1, 0.15) is 6.99 Å². The molecule has 3 nitrogen and oxygen atoms in total. The van der Waals surface area contributed by atoms with Crippen LogP contribution in [0.3, 0.4) is 0 Å². The van der Waals surface area contributed by atoms with Crippen molar-refractivity contribution in [3.8, 4) is 0 Å². The Morgan fingerprint density at radius 3 is 2.23 bits per heavy atom. The zero-order chi connectivity index (χ0) is 9.03. The van der Waals surface area contributed by atoms with Gasteiger partial charge in [0.1, 0.15) is 0 Å². The van der Waals surface area contributed by atoms with E-state index in [0.29, 0.717) is 0 Å². The van der Waals surface area contributed by atoms with Crippen molar-refractivity contribution in [2.75, 3.05) is 0 Å². The van der Waals surface area contributed by atoms with Gasteiger partial charge in [-0.2, -0.15) is 0 Å². The first kappa shape index (κ1) is 13.5. The molecule has 5 heteroatoms. The molecule has 0 unspecified atom stereocenters. The summed E-state index contributed by atoms with van der Waals surface area (Å²) in [5.41, 5.74) is 0.812. The first-order chi connectivity index (χ1) is 5.58. The van der Waals surface area contributed by atoms with Crippen LogP contribution in [0.2, 0.25) is 0 Å². The van der Waals surface area contributed by atoms with Crippen molar-refractivity contribution in [2.24, 2.45) is 5.14 Å². The molecule has 0 spiro atoms. The van der Waals surface area contributed by atoms with Gasteiger partial charge >= 0.3 is 51.4 Å². The Kier molecular flexibility index (Phi) is 6.31. The van der Waals surface area contributed by atoms with Crippen LogP contribution in [0.5, 0.6) is 0 Å². The summed E-state index contributed by atoms with van der Waals surface area (Å²) in [6.07, 6.45) is 1.45. The minimum Gasteiger partial charge on any atom is -1.00 e. The summed E-state index contributed by atoms with van der Waals surface area (Å²) >= 11 is 0. The summed E-state index contributed by atoms with van der Waals surface area (Å²) in [5.74, 6) is 0. The van der Waals surface area contributed by atoms with Crippen molar-refractivity contribution in [1.82, 2.24) is 0 Å². The Morgan fingerprint density at radius 2 is 1.77 bits per heavy atom. The molecule has 1 rings (SSSR count). The van der Waals surface area contributed by atoms with Crippen LogP contribution in [-0.4, -0.2) is 8.42 Å². The molecular formula is C8H10KNO2S. The molecule has 2 N–H and O–H groups in total. The fraction of sp³-hybridized carbons (Fsp3) is 0. The van der Waals surface area contributed by atoms with Crippen molar-refractivity contribution >= 4 is 16.1 Å². The maximum atomic E-state index is 10.5. The van der Waals surface area contributed by atoms with Gasteiger partial charge in [-0.3, -0.25) is 0 Å². The summed E-state index contributed by atoms with van der Waals surface area (Å²) in [7, 11) is -3.50. The Bertz CT molecular complexity index is 378. The van der Waals surface area contributed by atoms with E-state index < -0.39 is 10.0 Å². The molecule has 0 saturated heterocycles. The third-order valence-corrected chi connectivity index (χ3v) is 1.77. The number of hydrogen-bond donors (Lipinski definition) is 1. The molecule has 0 aliphatic heterocycles. The maximum absolute atomic E-state index is 10.5. The van der Waals surface area contributed by atoms with E-state index >= 15 is 0 Å². The van der Waals surface area contributed by atoms with Crippen LogP contribution in [0.4, 0.5) is 0 Å². The van der Waals surface area contributed by atoms with Crippen LogP contribution in [0.15, 0.2) is 35.7 Å². The average Bonchev–Trinajstić information content (AvgIpc) is 2.02. The number of primary sulfonamides is 1. The standard InChI is InChI=1S/C8H9NO2S.K.H/c9-12(10,11)7-6-8-4-2-1-3-5-8;;/h1-7H,(H2,9,10,11);;/q;+1;-1. The van der Waals surface area contributed by atoms with E-state index in [1.54, 1.807) is 12.1 Å². The molecule has 0 radical (unpaired) electrons. The first-order valence-electron chi connectivity index (χ1n) is 3.34. The number of hydrogen-bond acceptors (Lipinski definition) is 2. The fourth-order valence-corrected chi connectivity index (χ4v) is 1.08. The summed E-state index contributed by atoms with van der Waals surface area (Å²) in [6, 6.07) is 9.09. The minimum absolute atomic E-state index is 0. The summed E-state index contributed by atoms with van der Waals surface area (Å²) in [4.78, 5) is 0. The van der Waals surface area contributed by atoms with E-state index in [-0.39, 0.29) is 52.8 Å². The second-order valence-corrected chi connectivity index (χ2v) is 3.75. The molecule has 0 aliphatic carbocycles. The van der Waals surface area contributed by atoms with E-state index in [0.717, 1.165) is 11.0 Å². The van der Waals surface area contributed by atoms with Crippen LogP contribution in [-0.2, 0) is 10.0 Å². The maximum Gasteiger partial charge on any atom is 1.00 e. The Balaban J connectivity index is 0. The van der Waals surface area contributed by atoms with E-state index in [1.165, 1.54) is 6.08 Å². The second kappa shape index (κ2) is 6.08. The molecule has 0 heterocycles. The molecule has 0 atom stereocenters. The van der Waals surface area contributed by atoms with Gasteiger partial charge in [-0.15, -0.1) is 0 Å². The van der Waals surface area contributed by atoms with Gasteiger partial charge in [-0.05, 0) is 11.6 Å². The van der Waals surface area contributed by atoms with E-state index in [1.807, 2.05) is 18.2 Å². The van der Waals surface area contributed by atoms with Gasteiger partial charge in [-0.1, -0.05) is 30.3 Å². The number of rotatable bonds is 2. The molecule has 0 aliphatic rings. The van der Waals surface area contributed by atoms with E-state index in [2.05, 4.69) is 0 Å². The molecule has 0 amide bonds. The molecule has 0 fully saturated rings. The van der Waals surface area contributed by atoms with Gasteiger partial charge in [0, 0.05) is 5.41 Å². The monoisotopic (exact) mass is 223 g/mol. The third-order valence-electron chi connectivity index (χ3n) is 1.25. The van der Waals surface area contributed by atoms with Crippen LogP contribution in [0.25, 0.3) is 6.08 Å². The quantitative estimate of drug-likeness (QED) is 0.593. The zero-order valence-electron chi connectivity index (χ0n) is 8.34. The largest absolute Gasteiger partial charge is 1.00 e. The SMILES string of the molecule is NS(=O)(=O)C=Cc1ccccc1.[H-].[K+]. The van der Waals surface area contributed by atoms with Gasteiger partial charge in [0.2, 0.25) is 10.0 Å². The van der Waals surface area contributed by atoms with Crippen LogP contribution >= 0.6 is 0 Å². The van der Waals surface area contributed by atoms with Gasteiger partial charge in [0.15, 0.2) is 0 Å². The van der Waals surface area contributed by atoms with Crippen molar-refractivity contribution in [3.63, 3.8) is 0 Å². The van der Waals surface area contributed by atoms with E-state index in [4.69, 9.17) is 5.14 Å². The number of benzene rings is 1. The molecule has 66 valence electrons. The Hall–Kier alpha value is 0.506. The smallest absolute Gasteiger partial charge is 1.00 e. The van der Waals surface area contributed by atoms with Gasteiger partial charge in [0.05, 0.1) is 0 Å². The van der Waals surface area contributed by atoms with Crippen LogP contribution in [0, 0.1) is 0 Å². The zero-order valence-corrected chi connectivity index (χ0v) is 11.3. The molecule has 1 aromatic carbocycles. The molecule has 0 saturated carbocycles. The molecular weight excluding hydrogens is 213 g/mol. The molecule has 0 bridgehead atoms. The minimum atomic E-state index is -3.50. The van der Waals surface area contributed by atoms with Crippen molar-refractivity contribution in [2.45, 2.75) is 0 Å². The Labute approximate surface area is 122 Å². The number of nitrogens with two attached hydrogens (primary N) is 1. The van der Waals surface area contributed by atoms with Gasteiger partial charge in [0.25, 0.3) is 0 Å². The average molecular weight is 223 g/mol. The van der Waals surface area contributed by atoms with Gasteiger partial charge < -0.3 is 1.43 Å². The van der Waals surface area contributed by atoms with E-state index in [9.17, 15) is 8.42 Å². The molecule has 13 heavy (non-hydrogen) atoms. The van der Waals surface area contributed by atoms with Crippen LogP contribution < -0.4 is 56.5 Å². The molecule has 1 aromatic rings. The summed E-state index contributed by atoms with van der Waals surface area (Å²) < 4.78 is 21.0. The third kappa shape index (κ3) is 6.56.